The van der Waals surface area contributed by atoms with Gasteiger partial charge in [-0.25, -0.2) is 0 Å². The Hall–Kier alpha value is -2.69. The van der Waals surface area contributed by atoms with Crippen molar-refractivity contribution < 1.29 is 14.5 Å². The highest BCUT2D eigenvalue weighted by Crippen LogP contribution is 2.30. The Morgan fingerprint density at radius 2 is 1.86 bits per heavy atom. The predicted octanol–water partition coefficient (Wildman–Crippen LogP) is 3.56. The molecular formula is C16H15NO4. The van der Waals surface area contributed by atoms with Gasteiger partial charge >= 0.3 is 5.69 Å². The first-order valence-corrected chi connectivity index (χ1v) is 6.54. The monoisotopic (exact) mass is 285 g/mol. The van der Waals surface area contributed by atoms with E-state index in [1.807, 2.05) is 6.07 Å². The van der Waals surface area contributed by atoms with E-state index in [4.69, 9.17) is 4.74 Å². The molecule has 0 saturated carbocycles. The number of benzene rings is 2. The Labute approximate surface area is 122 Å². The number of carbonyl (C=O) groups excluding carboxylic acids is 1. The van der Waals surface area contributed by atoms with Gasteiger partial charge in [0.2, 0.25) is 0 Å². The number of aryl methyl sites for hydroxylation is 1. The molecule has 0 spiro atoms. The molecule has 2 aromatic carbocycles. The van der Waals surface area contributed by atoms with E-state index in [1.54, 1.807) is 43.3 Å². The Bertz CT molecular complexity index is 653. The molecule has 21 heavy (non-hydrogen) atoms. The molecule has 5 heteroatoms. The van der Waals surface area contributed by atoms with Crippen molar-refractivity contribution in [3.05, 3.63) is 69.8 Å². The van der Waals surface area contributed by atoms with Crippen LogP contribution in [0.5, 0.6) is 5.75 Å². The van der Waals surface area contributed by atoms with Crippen LogP contribution in [0.4, 0.5) is 5.69 Å². The summed E-state index contributed by atoms with van der Waals surface area (Å²) in [6, 6.07) is 13.6. The van der Waals surface area contributed by atoms with Gasteiger partial charge in [-0.15, -0.1) is 0 Å². The summed E-state index contributed by atoms with van der Waals surface area (Å²) in [6.45, 7) is 1.85. The number of ketones is 1. The molecule has 0 N–H and O–H groups in total. The number of Topliss-reactive ketones (excluding diaryl/α,β-unsaturated/α-hetero) is 1. The van der Waals surface area contributed by atoms with Crippen LogP contribution in [0.3, 0.4) is 0 Å². The first-order valence-electron chi connectivity index (χ1n) is 6.54. The van der Waals surface area contributed by atoms with E-state index in [2.05, 4.69) is 0 Å². The summed E-state index contributed by atoms with van der Waals surface area (Å²) in [7, 11) is 0. The van der Waals surface area contributed by atoms with Gasteiger partial charge in [0, 0.05) is 18.1 Å². The SMILES string of the molecule is Cc1cccc([N+](=O)[O-])c1OCCC(=O)c1ccccc1. The summed E-state index contributed by atoms with van der Waals surface area (Å²) >= 11 is 0. The van der Waals surface area contributed by atoms with E-state index in [0.717, 1.165) is 0 Å². The van der Waals surface area contributed by atoms with Crippen molar-refractivity contribution >= 4 is 11.5 Å². The van der Waals surface area contributed by atoms with Gasteiger partial charge in [0.15, 0.2) is 11.5 Å². The summed E-state index contributed by atoms with van der Waals surface area (Å²) in [5.41, 5.74) is 1.21. The maximum absolute atomic E-state index is 11.9. The maximum atomic E-state index is 11.9. The molecule has 108 valence electrons. The second kappa shape index (κ2) is 6.65. The topological polar surface area (TPSA) is 69.4 Å². The van der Waals surface area contributed by atoms with Gasteiger partial charge in [-0.1, -0.05) is 42.5 Å². The molecule has 2 aromatic rings. The number of nitro benzene ring substituents is 1. The number of rotatable bonds is 6. The summed E-state index contributed by atoms with van der Waals surface area (Å²) in [5, 5.41) is 11.0. The first-order chi connectivity index (χ1) is 10.1. The third-order valence-corrected chi connectivity index (χ3v) is 3.06. The van der Waals surface area contributed by atoms with Gasteiger partial charge in [-0.2, -0.15) is 0 Å². The number of nitrogens with zero attached hydrogens (tertiary/aromatic N) is 1. The molecule has 5 nitrogen and oxygen atoms in total. The Balaban J connectivity index is 2.01. The van der Waals surface area contributed by atoms with Crippen molar-refractivity contribution in [3.63, 3.8) is 0 Å². The van der Waals surface area contributed by atoms with Crippen LogP contribution < -0.4 is 4.74 Å². The zero-order valence-electron chi connectivity index (χ0n) is 11.6. The summed E-state index contributed by atoms with van der Waals surface area (Å²) < 4.78 is 5.46. The predicted molar refractivity (Wildman–Crippen MR) is 78.7 cm³/mol. The molecule has 0 aromatic heterocycles. The van der Waals surface area contributed by atoms with Crippen molar-refractivity contribution in [1.29, 1.82) is 0 Å². The fourth-order valence-corrected chi connectivity index (χ4v) is 1.98. The van der Waals surface area contributed by atoms with Crippen LogP contribution in [0.25, 0.3) is 0 Å². The van der Waals surface area contributed by atoms with Gasteiger partial charge in [0.05, 0.1) is 11.5 Å². The average Bonchev–Trinajstić information content (AvgIpc) is 2.49. The van der Waals surface area contributed by atoms with E-state index in [0.29, 0.717) is 11.1 Å². The van der Waals surface area contributed by atoms with E-state index in [-0.39, 0.29) is 30.2 Å². The molecule has 0 radical (unpaired) electrons. The molecule has 0 aliphatic rings. The Morgan fingerprint density at radius 3 is 2.52 bits per heavy atom. The highest BCUT2D eigenvalue weighted by atomic mass is 16.6. The van der Waals surface area contributed by atoms with Crippen LogP contribution in [0.1, 0.15) is 22.3 Å². The largest absolute Gasteiger partial charge is 0.486 e. The normalized spacial score (nSPS) is 10.1. The number of carbonyl (C=O) groups is 1. The second-order valence-electron chi connectivity index (χ2n) is 4.57. The lowest BCUT2D eigenvalue weighted by atomic mass is 10.1. The van der Waals surface area contributed by atoms with Crippen molar-refractivity contribution in [1.82, 2.24) is 0 Å². The maximum Gasteiger partial charge on any atom is 0.311 e. The molecule has 0 unspecified atom stereocenters. The van der Waals surface area contributed by atoms with Crippen molar-refractivity contribution in [2.75, 3.05) is 6.61 Å². The second-order valence-corrected chi connectivity index (χ2v) is 4.57. The molecule has 0 saturated heterocycles. The van der Waals surface area contributed by atoms with Crippen LogP contribution in [0.15, 0.2) is 48.5 Å². The third kappa shape index (κ3) is 3.66. The van der Waals surface area contributed by atoms with E-state index in [9.17, 15) is 14.9 Å². The fourth-order valence-electron chi connectivity index (χ4n) is 1.98. The summed E-state index contributed by atoms with van der Waals surface area (Å²) in [4.78, 5) is 22.4. The minimum atomic E-state index is -0.485. The molecule has 0 fully saturated rings. The molecule has 0 atom stereocenters. The zero-order valence-corrected chi connectivity index (χ0v) is 11.6. The van der Waals surface area contributed by atoms with Gasteiger partial charge in [0.1, 0.15) is 0 Å². The van der Waals surface area contributed by atoms with Gasteiger partial charge < -0.3 is 4.74 Å². The number of para-hydroxylation sites is 1. The van der Waals surface area contributed by atoms with Crippen molar-refractivity contribution in [2.45, 2.75) is 13.3 Å². The molecule has 0 amide bonds. The smallest absolute Gasteiger partial charge is 0.311 e. The van der Waals surface area contributed by atoms with Gasteiger partial charge in [-0.05, 0) is 12.5 Å². The number of hydrogen-bond acceptors (Lipinski definition) is 4. The molecule has 2 rings (SSSR count). The highest BCUT2D eigenvalue weighted by molar-refractivity contribution is 5.96. The fraction of sp³-hybridized carbons (Fsp3) is 0.188. The minimum absolute atomic E-state index is 0.0492. The minimum Gasteiger partial charge on any atom is -0.486 e. The molecule has 0 bridgehead atoms. The van der Waals surface area contributed by atoms with Crippen LogP contribution in [0, 0.1) is 17.0 Å². The van der Waals surface area contributed by atoms with Crippen LogP contribution in [-0.2, 0) is 0 Å². The summed E-state index contributed by atoms with van der Waals surface area (Å²) in [5.74, 6) is 0.176. The third-order valence-electron chi connectivity index (χ3n) is 3.06. The summed E-state index contributed by atoms with van der Waals surface area (Å²) in [6.07, 6.45) is 0.176. The van der Waals surface area contributed by atoms with Gasteiger partial charge in [0.25, 0.3) is 0 Å². The number of ether oxygens (including phenoxy) is 1. The molecular weight excluding hydrogens is 270 g/mol. The number of nitro groups is 1. The van der Waals surface area contributed by atoms with Crippen molar-refractivity contribution in [2.24, 2.45) is 0 Å². The van der Waals surface area contributed by atoms with Crippen LogP contribution >= 0.6 is 0 Å². The lowest BCUT2D eigenvalue weighted by molar-refractivity contribution is -0.385. The van der Waals surface area contributed by atoms with E-state index >= 15 is 0 Å². The van der Waals surface area contributed by atoms with Gasteiger partial charge in [-0.3, -0.25) is 14.9 Å². The molecule has 0 aliphatic heterocycles. The molecule has 0 heterocycles. The lowest BCUT2D eigenvalue weighted by Crippen LogP contribution is -2.08. The Kier molecular flexibility index (Phi) is 4.66. The quantitative estimate of drug-likeness (QED) is 0.462. The highest BCUT2D eigenvalue weighted by Gasteiger charge is 2.17. The average molecular weight is 285 g/mol. The molecule has 0 aliphatic carbocycles. The standard InChI is InChI=1S/C16H15NO4/c1-12-6-5-9-14(17(19)20)16(12)21-11-10-15(18)13-7-3-2-4-8-13/h2-9H,10-11H2,1H3. The first kappa shape index (κ1) is 14.7. The Morgan fingerprint density at radius 1 is 1.14 bits per heavy atom. The van der Waals surface area contributed by atoms with Crippen molar-refractivity contribution in [3.8, 4) is 5.75 Å². The lowest BCUT2D eigenvalue weighted by Gasteiger charge is -2.09. The van der Waals surface area contributed by atoms with E-state index < -0.39 is 4.92 Å². The van der Waals surface area contributed by atoms with E-state index in [1.165, 1.54) is 6.07 Å². The van der Waals surface area contributed by atoms with Crippen LogP contribution in [0.2, 0.25) is 0 Å². The van der Waals surface area contributed by atoms with Crippen LogP contribution in [-0.4, -0.2) is 17.3 Å². The number of hydrogen-bond donors (Lipinski definition) is 0. The zero-order chi connectivity index (χ0) is 15.2.